The molecule has 0 fully saturated rings. The zero-order valence-electron chi connectivity index (χ0n) is 9.58. The summed E-state index contributed by atoms with van der Waals surface area (Å²) >= 11 is 0. The predicted molar refractivity (Wildman–Crippen MR) is 62.1 cm³/mol. The Morgan fingerprint density at radius 1 is 1.33 bits per heavy atom. The highest BCUT2D eigenvalue weighted by Gasteiger charge is 2.05. The number of aryl methyl sites for hydroxylation is 2. The van der Waals surface area contributed by atoms with Gasteiger partial charge in [0.05, 0.1) is 6.61 Å². The van der Waals surface area contributed by atoms with Crippen molar-refractivity contribution in [2.24, 2.45) is 5.92 Å². The molecule has 0 aliphatic rings. The van der Waals surface area contributed by atoms with Crippen LogP contribution in [0.4, 0.5) is 5.69 Å². The minimum atomic E-state index is 0.139. The predicted octanol–water partition coefficient (Wildman–Crippen LogP) is 1.89. The minimum Gasteiger partial charge on any atom is -0.493 e. The summed E-state index contributed by atoms with van der Waals surface area (Å²) in [7, 11) is 0. The maximum atomic E-state index is 8.88. The van der Waals surface area contributed by atoms with E-state index in [1.165, 1.54) is 0 Å². The molecule has 0 aliphatic carbocycles. The number of aliphatic hydroxyl groups excluding tert-OH is 1. The average Bonchev–Trinajstić information content (AvgIpc) is 2.21. The Morgan fingerprint density at radius 3 is 2.60 bits per heavy atom. The Hall–Kier alpha value is -1.22. The first-order chi connectivity index (χ1) is 7.04. The van der Waals surface area contributed by atoms with Crippen LogP contribution in [0.5, 0.6) is 5.75 Å². The van der Waals surface area contributed by atoms with Gasteiger partial charge in [-0.05, 0) is 25.0 Å². The van der Waals surface area contributed by atoms with Gasteiger partial charge in [0.25, 0.3) is 0 Å². The van der Waals surface area contributed by atoms with Crippen LogP contribution in [0.25, 0.3) is 0 Å². The normalized spacial score (nSPS) is 12.5. The van der Waals surface area contributed by atoms with E-state index in [2.05, 4.69) is 0 Å². The smallest absolute Gasteiger partial charge is 0.124 e. The molecule has 3 heteroatoms. The maximum Gasteiger partial charge on any atom is 0.124 e. The largest absolute Gasteiger partial charge is 0.493 e. The second-order valence-corrected chi connectivity index (χ2v) is 4.07. The van der Waals surface area contributed by atoms with Gasteiger partial charge in [-0.1, -0.05) is 13.0 Å². The van der Waals surface area contributed by atoms with E-state index in [9.17, 15) is 0 Å². The molecule has 0 spiro atoms. The highest BCUT2D eigenvalue weighted by Crippen LogP contribution is 2.24. The molecule has 0 aromatic heterocycles. The molecule has 3 nitrogen and oxygen atoms in total. The molecule has 1 rings (SSSR count). The van der Waals surface area contributed by atoms with Crippen molar-refractivity contribution in [3.05, 3.63) is 23.3 Å². The van der Waals surface area contributed by atoms with Crippen LogP contribution in [0, 0.1) is 19.8 Å². The number of hydrogen-bond acceptors (Lipinski definition) is 3. The van der Waals surface area contributed by atoms with Crippen molar-refractivity contribution < 1.29 is 9.84 Å². The highest BCUT2D eigenvalue weighted by atomic mass is 16.5. The summed E-state index contributed by atoms with van der Waals surface area (Å²) < 4.78 is 5.59. The first-order valence-corrected chi connectivity index (χ1v) is 5.15. The number of anilines is 1. The van der Waals surface area contributed by atoms with Gasteiger partial charge in [0, 0.05) is 24.3 Å². The van der Waals surface area contributed by atoms with E-state index >= 15 is 0 Å². The van der Waals surface area contributed by atoms with Gasteiger partial charge in [0.1, 0.15) is 5.75 Å². The van der Waals surface area contributed by atoms with E-state index in [1.54, 1.807) is 0 Å². The van der Waals surface area contributed by atoms with Crippen LogP contribution in [0.3, 0.4) is 0 Å². The van der Waals surface area contributed by atoms with Crippen LogP contribution < -0.4 is 10.5 Å². The second kappa shape index (κ2) is 5.03. The quantitative estimate of drug-likeness (QED) is 0.744. The molecule has 0 amide bonds. The third kappa shape index (κ3) is 3.13. The van der Waals surface area contributed by atoms with Crippen molar-refractivity contribution in [2.75, 3.05) is 18.9 Å². The molecule has 1 unspecified atom stereocenters. The molecule has 0 aliphatic heterocycles. The van der Waals surface area contributed by atoms with Gasteiger partial charge in [-0.25, -0.2) is 0 Å². The Balaban J connectivity index is 2.73. The van der Waals surface area contributed by atoms with Crippen LogP contribution in [-0.4, -0.2) is 18.3 Å². The Morgan fingerprint density at radius 2 is 2.00 bits per heavy atom. The number of rotatable bonds is 4. The summed E-state index contributed by atoms with van der Waals surface area (Å²) in [6, 6.07) is 3.85. The van der Waals surface area contributed by atoms with Crippen molar-refractivity contribution in [3.8, 4) is 5.75 Å². The van der Waals surface area contributed by atoms with Crippen molar-refractivity contribution in [2.45, 2.75) is 20.8 Å². The summed E-state index contributed by atoms with van der Waals surface area (Å²) in [5.74, 6) is 0.949. The van der Waals surface area contributed by atoms with Gasteiger partial charge in [-0.2, -0.15) is 0 Å². The van der Waals surface area contributed by atoms with Gasteiger partial charge in [0.2, 0.25) is 0 Å². The lowest BCUT2D eigenvalue weighted by Gasteiger charge is -2.14. The van der Waals surface area contributed by atoms with E-state index in [1.807, 2.05) is 32.9 Å². The zero-order valence-corrected chi connectivity index (χ0v) is 9.58. The zero-order chi connectivity index (χ0) is 11.4. The summed E-state index contributed by atoms with van der Waals surface area (Å²) in [6.07, 6.45) is 0. The fourth-order valence-electron chi connectivity index (χ4n) is 1.29. The third-order valence-corrected chi connectivity index (χ3v) is 2.40. The van der Waals surface area contributed by atoms with E-state index in [0.717, 1.165) is 22.6 Å². The molecule has 84 valence electrons. The topological polar surface area (TPSA) is 55.5 Å². The monoisotopic (exact) mass is 209 g/mol. The van der Waals surface area contributed by atoms with E-state index < -0.39 is 0 Å². The SMILES string of the molecule is Cc1cc(C)c(OCC(C)CO)cc1N. The molecule has 15 heavy (non-hydrogen) atoms. The molecule has 1 aromatic rings. The second-order valence-electron chi connectivity index (χ2n) is 4.07. The lowest BCUT2D eigenvalue weighted by Crippen LogP contribution is -2.12. The summed E-state index contributed by atoms with van der Waals surface area (Å²) in [5.41, 5.74) is 8.68. The molecular weight excluding hydrogens is 190 g/mol. The fraction of sp³-hybridized carbons (Fsp3) is 0.500. The van der Waals surface area contributed by atoms with Crippen LogP contribution in [0.1, 0.15) is 18.1 Å². The fourth-order valence-corrected chi connectivity index (χ4v) is 1.29. The highest BCUT2D eigenvalue weighted by molar-refractivity contribution is 5.54. The number of ether oxygens (including phenoxy) is 1. The number of hydrogen-bond donors (Lipinski definition) is 2. The maximum absolute atomic E-state index is 8.88. The van der Waals surface area contributed by atoms with Gasteiger partial charge < -0.3 is 15.6 Å². The third-order valence-electron chi connectivity index (χ3n) is 2.40. The van der Waals surface area contributed by atoms with Crippen molar-refractivity contribution in [3.63, 3.8) is 0 Å². The molecule has 1 aromatic carbocycles. The van der Waals surface area contributed by atoms with Crippen LogP contribution >= 0.6 is 0 Å². The van der Waals surface area contributed by atoms with Crippen molar-refractivity contribution in [1.29, 1.82) is 0 Å². The van der Waals surface area contributed by atoms with E-state index in [0.29, 0.717) is 6.61 Å². The number of aliphatic hydroxyl groups is 1. The molecule has 0 heterocycles. The first kappa shape index (κ1) is 11.9. The van der Waals surface area contributed by atoms with Gasteiger partial charge >= 0.3 is 0 Å². The first-order valence-electron chi connectivity index (χ1n) is 5.15. The number of benzene rings is 1. The summed E-state index contributed by atoms with van der Waals surface area (Å²) in [6.45, 7) is 6.56. The average molecular weight is 209 g/mol. The number of nitrogens with two attached hydrogens (primary N) is 1. The lowest BCUT2D eigenvalue weighted by atomic mass is 10.1. The van der Waals surface area contributed by atoms with Gasteiger partial charge in [-0.3, -0.25) is 0 Å². The van der Waals surface area contributed by atoms with E-state index in [4.69, 9.17) is 15.6 Å². The van der Waals surface area contributed by atoms with Crippen molar-refractivity contribution in [1.82, 2.24) is 0 Å². The standard InChI is InChI=1S/C12H19NO2/c1-8(6-14)7-15-12-5-11(13)9(2)4-10(12)3/h4-5,8,14H,6-7,13H2,1-3H3. The number of nitrogen functional groups attached to an aromatic ring is 1. The van der Waals surface area contributed by atoms with Gasteiger partial charge in [0.15, 0.2) is 0 Å². The summed E-state index contributed by atoms with van der Waals surface area (Å²) in [5, 5.41) is 8.88. The molecule has 0 saturated carbocycles. The lowest BCUT2D eigenvalue weighted by molar-refractivity contribution is 0.174. The molecule has 1 atom stereocenters. The van der Waals surface area contributed by atoms with Crippen molar-refractivity contribution >= 4 is 5.69 Å². The Kier molecular flexibility index (Phi) is 3.97. The van der Waals surface area contributed by atoms with Crippen LogP contribution in [-0.2, 0) is 0 Å². The Labute approximate surface area is 90.9 Å². The van der Waals surface area contributed by atoms with Crippen LogP contribution in [0.15, 0.2) is 12.1 Å². The molecule has 0 radical (unpaired) electrons. The molecule has 0 saturated heterocycles. The van der Waals surface area contributed by atoms with E-state index in [-0.39, 0.29) is 12.5 Å². The summed E-state index contributed by atoms with van der Waals surface area (Å²) in [4.78, 5) is 0. The molecular formula is C12H19NO2. The van der Waals surface area contributed by atoms with Crippen LogP contribution in [0.2, 0.25) is 0 Å². The molecule has 3 N–H and O–H groups in total. The van der Waals surface area contributed by atoms with Gasteiger partial charge in [-0.15, -0.1) is 0 Å². The molecule has 0 bridgehead atoms. The Bertz CT molecular complexity index is 337. The minimum absolute atomic E-state index is 0.139.